The fourth-order valence-corrected chi connectivity index (χ4v) is 4.25. The van der Waals surface area contributed by atoms with E-state index in [1.54, 1.807) is 30.3 Å². The Bertz CT molecular complexity index is 1080. The van der Waals surface area contributed by atoms with Crippen LogP contribution in [0.5, 0.6) is 0 Å². The first-order valence-corrected chi connectivity index (χ1v) is 10.1. The van der Waals surface area contributed by atoms with Crippen molar-refractivity contribution >= 4 is 28.4 Å². The van der Waals surface area contributed by atoms with Gasteiger partial charge in [-0.3, -0.25) is 4.79 Å². The van der Waals surface area contributed by atoms with Crippen LogP contribution in [0.1, 0.15) is 47.6 Å². The van der Waals surface area contributed by atoms with E-state index < -0.39 is 29.5 Å². The van der Waals surface area contributed by atoms with E-state index in [4.69, 9.17) is 11.6 Å². The molecule has 0 bridgehead atoms. The maximum absolute atomic E-state index is 14.2. The Hall–Kier alpha value is -2.64. The van der Waals surface area contributed by atoms with Crippen LogP contribution in [0.25, 0.3) is 10.9 Å². The van der Waals surface area contributed by atoms with Crippen molar-refractivity contribution in [1.82, 2.24) is 15.5 Å². The molecule has 1 atom stereocenters. The summed E-state index contributed by atoms with van der Waals surface area (Å²) < 4.78 is 27.9. The number of carbonyl (C=O) groups is 1. The summed E-state index contributed by atoms with van der Waals surface area (Å²) in [6, 6.07) is 10.2. The number of rotatable bonds is 4. The number of carbonyl (C=O) groups excluding carboxylic acids is 1. The molecular formula is C22H20ClF2N3O2. The van der Waals surface area contributed by atoms with Crippen LogP contribution in [0.15, 0.2) is 48.7 Å². The number of aliphatic hydroxyl groups is 1. The predicted octanol–water partition coefficient (Wildman–Crippen LogP) is 4.54. The van der Waals surface area contributed by atoms with Crippen molar-refractivity contribution in [3.63, 3.8) is 0 Å². The van der Waals surface area contributed by atoms with Gasteiger partial charge in [0.05, 0.1) is 33.9 Å². The quantitative estimate of drug-likeness (QED) is 0.636. The first kappa shape index (κ1) is 20.6. The summed E-state index contributed by atoms with van der Waals surface area (Å²) in [7, 11) is 0. The van der Waals surface area contributed by atoms with Crippen molar-refractivity contribution in [2.75, 3.05) is 0 Å². The van der Waals surface area contributed by atoms with Gasteiger partial charge < -0.3 is 10.4 Å². The molecule has 1 amide bonds. The zero-order valence-electron chi connectivity index (χ0n) is 16.0. The number of hydrogen-bond donors (Lipinski definition) is 2. The highest BCUT2D eigenvalue weighted by atomic mass is 35.5. The van der Waals surface area contributed by atoms with Gasteiger partial charge in [-0.1, -0.05) is 41.9 Å². The summed E-state index contributed by atoms with van der Waals surface area (Å²) in [4.78, 5) is 13.2. The molecule has 2 aromatic carbocycles. The molecule has 5 nitrogen and oxygen atoms in total. The lowest BCUT2D eigenvalue weighted by atomic mass is 9.76. The Morgan fingerprint density at radius 2 is 1.93 bits per heavy atom. The van der Waals surface area contributed by atoms with Gasteiger partial charge in [0.25, 0.3) is 5.91 Å². The average Bonchev–Trinajstić information content (AvgIpc) is 2.76. The van der Waals surface area contributed by atoms with Gasteiger partial charge in [0.15, 0.2) is 0 Å². The Labute approximate surface area is 177 Å². The van der Waals surface area contributed by atoms with Gasteiger partial charge in [-0.15, -0.1) is 0 Å². The summed E-state index contributed by atoms with van der Waals surface area (Å²) in [5, 5.41) is 22.4. The van der Waals surface area contributed by atoms with Crippen molar-refractivity contribution in [3.8, 4) is 0 Å². The van der Waals surface area contributed by atoms with Crippen LogP contribution < -0.4 is 5.32 Å². The van der Waals surface area contributed by atoms with Crippen molar-refractivity contribution in [2.45, 2.75) is 43.5 Å². The van der Waals surface area contributed by atoms with Crippen LogP contribution in [-0.2, 0) is 0 Å². The first-order valence-electron chi connectivity index (χ1n) is 9.71. The molecule has 0 aliphatic heterocycles. The smallest absolute Gasteiger partial charge is 0.254 e. The minimum Gasteiger partial charge on any atom is -0.387 e. The zero-order chi connectivity index (χ0) is 21.3. The molecule has 1 aromatic heterocycles. The number of aromatic nitrogens is 2. The molecule has 156 valence electrons. The van der Waals surface area contributed by atoms with Gasteiger partial charge in [0, 0.05) is 5.39 Å². The molecule has 0 spiro atoms. The van der Waals surface area contributed by atoms with E-state index in [0.29, 0.717) is 10.9 Å². The lowest BCUT2D eigenvalue weighted by Gasteiger charge is -2.41. The minimum atomic E-state index is -1.47. The maximum atomic E-state index is 14.2. The molecule has 1 aliphatic rings. The molecule has 3 aromatic rings. The monoisotopic (exact) mass is 431 g/mol. The molecule has 1 heterocycles. The highest BCUT2D eigenvalue weighted by molar-refractivity contribution is 6.31. The van der Waals surface area contributed by atoms with E-state index >= 15 is 0 Å². The van der Waals surface area contributed by atoms with E-state index in [2.05, 4.69) is 15.5 Å². The van der Waals surface area contributed by atoms with Crippen LogP contribution in [0, 0.1) is 5.82 Å². The third-order valence-electron chi connectivity index (χ3n) is 5.68. The van der Waals surface area contributed by atoms with E-state index in [-0.39, 0.29) is 41.8 Å². The third kappa shape index (κ3) is 3.87. The second kappa shape index (κ2) is 8.24. The fraction of sp³-hybridized carbons (Fsp3) is 0.318. The third-order valence-corrected chi connectivity index (χ3v) is 6.08. The van der Waals surface area contributed by atoms with E-state index in [9.17, 15) is 18.7 Å². The minimum absolute atomic E-state index is 0.112. The van der Waals surface area contributed by atoms with Crippen LogP contribution >= 0.6 is 11.6 Å². The second-order valence-corrected chi connectivity index (χ2v) is 7.98. The predicted molar refractivity (Wildman–Crippen MR) is 109 cm³/mol. The van der Waals surface area contributed by atoms with Crippen LogP contribution in [0.2, 0.25) is 5.02 Å². The summed E-state index contributed by atoms with van der Waals surface area (Å²) in [5.41, 5.74) is -0.412. The molecule has 0 radical (unpaired) electrons. The highest BCUT2D eigenvalue weighted by Gasteiger charge is 2.43. The number of fused-ring (bicyclic) bond motifs is 1. The summed E-state index contributed by atoms with van der Waals surface area (Å²) >= 11 is 6.19. The molecule has 1 unspecified atom stereocenters. The molecule has 4 rings (SSSR count). The van der Waals surface area contributed by atoms with Gasteiger partial charge in [0.1, 0.15) is 12.0 Å². The summed E-state index contributed by atoms with van der Waals surface area (Å²) in [5.74, 6) is -1.17. The molecular weight excluding hydrogens is 412 g/mol. The van der Waals surface area contributed by atoms with Crippen LogP contribution in [-0.4, -0.2) is 33.0 Å². The first-order chi connectivity index (χ1) is 14.4. The van der Waals surface area contributed by atoms with Gasteiger partial charge in [-0.25, -0.2) is 8.78 Å². The lowest BCUT2D eigenvalue weighted by molar-refractivity contribution is -0.0445. The fourth-order valence-electron chi connectivity index (χ4n) is 4.01. The largest absolute Gasteiger partial charge is 0.387 e. The number of benzene rings is 2. The van der Waals surface area contributed by atoms with Gasteiger partial charge in [0.2, 0.25) is 0 Å². The normalized spacial score (nSPS) is 22.6. The lowest BCUT2D eigenvalue weighted by Crippen LogP contribution is -2.48. The molecule has 1 fully saturated rings. The number of alkyl halides is 1. The van der Waals surface area contributed by atoms with Gasteiger partial charge in [-0.2, -0.15) is 10.2 Å². The zero-order valence-corrected chi connectivity index (χ0v) is 16.7. The Kier molecular flexibility index (Phi) is 5.66. The number of nitrogens with zero attached hydrogens (tertiary/aromatic N) is 2. The Balaban J connectivity index is 1.74. The van der Waals surface area contributed by atoms with E-state index in [1.807, 2.05) is 0 Å². The second-order valence-electron chi connectivity index (χ2n) is 7.60. The molecule has 1 saturated carbocycles. The van der Waals surface area contributed by atoms with Crippen molar-refractivity contribution < 1.29 is 18.7 Å². The van der Waals surface area contributed by atoms with Crippen molar-refractivity contribution in [2.24, 2.45) is 0 Å². The molecule has 0 saturated heterocycles. The van der Waals surface area contributed by atoms with Gasteiger partial charge >= 0.3 is 0 Å². The average molecular weight is 432 g/mol. The number of hydrogen-bond acceptors (Lipinski definition) is 4. The molecule has 30 heavy (non-hydrogen) atoms. The van der Waals surface area contributed by atoms with Crippen LogP contribution in [0.4, 0.5) is 8.78 Å². The van der Waals surface area contributed by atoms with Crippen LogP contribution in [0.3, 0.4) is 0 Å². The Morgan fingerprint density at radius 1 is 1.20 bits per heavy atom. The highest BCUT2D eigenvalue weighted by Crippen LogP contribution is 2.42. The SMILES string of the molecule is O=C(NC(c1cccc(F)c1Cl)[C@]1(O)CC[C@H](F)CC1)c1cnnc2ccccc12. The van der Waals surface area contributed by atoms with Crippen molar-refractivity contribution in [3.05, 3.63) is 70.6 Å². The molecule has 1 aliphatic carbocycles. The standard InChI is InChI=1S/C22H20ClF2N3O2/c23-19-15(5-3-6-17(19)25)20(22(30)10-8-13(24)9-11-22)27-21(29)16-12-26-28-18-7-2-1-4-14(16)18/h1-7,12-13,20,30H,8-11H2,(H,27,29)/t13-,20?,22-. The number of halogens is 3. The van der Waals surface area contributed by atoms with E-state index in [0.717, 1.165) is 0 Å². The number of amides is 1. The maximum Gasteiger partial charge on any atom is 0.254 e. The van der Waals surface area contributed by atoms with Gasteiger partial charge in [-0.05, 0) is 43.4 Å². The van der Waals surface area contributed by atoms with Crippen molar-refractivity contribution in [1.29, 1.82) is 0 Å². The molecule has 8 heteroatoms. The molecule has 2 N–H and O–H groups in total. The summed E-state index contributed by atoms with van der Waals surface area (Å²) in [6.07, 6.45) is 0.843. The Morgan fingerprint density at radius 3 is 2.70 bits per heavy atom. The topological polar surface area (TPSA) is 75.1 Å². The summed E-state index contributed by atoms with van der Waals surface area (Å²) in [6.45, 7) is 0. The number of nitrogens with one attached hydrogen (secondary N) is 1. The van der Waals surface area contributed by atoms with E-state index in [1.165, 1.54) is 18.3 Å².